The number of carbonyl (C=O) groups excluding carboxylic acids is 2. The second-order valence-corrected chi connectivity index (χ2v) is 9.69. The quantitative estimate of drug-likeness (QED) is 0.519. The summed E-state index contributed by atoms with van der Waals surface area (Å²) in [5.41, 5.74) is 2.92. The SMILES string of the molecule is CC(C)(C)N=C1CCCC(=O)/C1=C(/O)CCc1noc2c1C(=O)CC(c1ccccc1)C2. The minimum Gasteiger partial charge on any atom is -0.511 e. The van der Waals surface area contributed by atoms with Crippen molar-refractivity contribution in [1.82, 2.24) is 5.16 Å². The second kappa shape index (κ2) is 8.85. The van der Waals surface area contributed by atoms with Crippen LogP contribution in [0.2, 0.25) is 0 Å². The van der Waals surface area contributed by atoms with E-state index >= 15 is 0 Å². The van der Waals surface area contributed by atoms with Crippen molar-refractivity contribution < 1.29 is 19.2 Å². The van der Waals surface area contributed by atoms with Gasteiger partial charge in [0.05, 0.1) is 22.4 Å². The molecule has 1 heterocycles. The molecule has 2 aliphatic carbocycles. The van der Waals surface area contributed by atoms with E-state index in [0.717, 1.165) is 12.0 Å². The molecule has 2 aliphatic rings. The number of hydrogen-bond donors (Lipinski definition) is 1. The van der Waals surface area contributed by atoms with E-state index in [1.165, 1.54) is 0 Å². The van der Waals surface area contributed by atoms with Crippen LogP contribution in [0.4, 0.5) is 0 Å². The van der Waals surface area contributed by atoms with Crippen LogP contribution < -0.4 is 0 Å². The van der Waals surface area contributed by atoms with Gasteiger partial charge in [0, 0.05) is 37.8 Å². The molecule has 0 aliphatic heterocycles. The first-order valence-electron chi connectivity index (χ1n) is 11.3. The third-order valence-corrected chi connectivity index (χ3v) is 5.99. The summed E-state index contributed by atoms with van der Waals surface area (Å²) in [6, 6.07) is 9.97. The van der Waals surface area contributed by atoms with Gasteiger partial charge in [-0.1, -0.05) is 35.5 Å². The number of aromatic nitrogens is 1. The van der Waals surface area contributed by atoms with E-state index in [9.17, 15) is 14.7 Å². The normalized spacial score (nSPS) is 22.2. The Kier molecular flexibility index (Phi) is 6.13. The number of aliphatic hydroxyl groups excluding tert-OH is 1. The van der Waals surface area contributed by atoms with E-state index in [2.05, 4.69) is 10.1 Å². The fourth-order valence-corrected chi connectivity index (χ4v) is 4.60. The number of aliphatic imine (C=N–C) groups is 1. The first-order chi connectivity index (χ1) is 15.2. The smallest absolute Gasteiger partial charge is 0.168 e. The highest BCUT2D eigenvalue weighted by molar-refractivity contribution is 6.24. The third-order valence-electron chi connectivity index (χ3n) is 5.99. The Bertz CT molecular complexity index is 1090. The van der Waals surface area contributed by atoms with Crippen LogP contribution in [0.1, 0.15) is 86.2 Å². The Morgan fingerprint density at radius 2 is 1.88 bits per heavy atom. The van der Waals surface area contributed by atoms with Crippen LogP contribution in [-0.2, 0) is 17.6 Å². The molecule has 1 atom stereocenters. The van der Waals surface area contributed by atoms with Gasteiger partial charge in [0.25, 0.3) is 0 Å². The zero-order chi connectivity index (χ0) is 22.9. The molecule has 0 bridgehead atoms. The van der Waals surface area contributed by atoms with Crippen LogP contribution in [-0.4, -0.2) is 33.1 Å². The Morgan fingerprint density at radius 3 is 2.59 bits per heavy atom. The second-order valence-electron chi connectivity index (χ2n) is 9.69. The number of allylic oxidation sites excluding steroid dienone is 2. The number of hydrogen-bond acceptors (Lipinski definition) is 6. The summed E-state index contributed by atoms with van der Waals surface area (Å²) in [6.45, 7) is 5.93. The Balaban J connectivity index is 1.54. The number of carbonyl (C=O) groups is 2. The van der Waals surface area contributed by atoms with Gasteiger partial charge in [0.1, 0.15) is 11.5 Å². The first kappa shape index (κ1) is 22.2. The highest BCUT2D eigenvalue weighted by atomic mass is 16.5. The van der Waals surface area contributed by atoms with Crippen LogP contribution >= 0.6 is 0 Å². The van der Waals surface area contributed by atoms with Gasteiger partial charge in [-0.25, -0.2) is 0 Å². The number of aliphatic hydroxyl groups is 1. The lowest BCUT2D eigenvalue weighted by molar-refractivity contribution is -0.115. The summed E-state index contributed by atoms with van der Waals surface area (Å²) in [6.07, 6.45) is 3.45. The molecule has 1 unspecified atom stereocenters. The molecule has 0 saturated heterocycles. The topological polar surface area (TPSA) is 92.8 Å². The van der Waals surface area contributed by atoms with Crippen molar-refractivity contribution in [3.05, 3.63) is 64.2 Å². The summed E-state index contributed by atoms with van der Waals surface area (Å²) in [5.74, 6) is 0.678. The van der Waals surface area contributed by atoms with Crippen LogP contribution in [0.15, 0.2) is 51.2 Å². The molecule has 2 aromatic rings. The van der Waals surface area contributed by atoms with Crippen molar-refractivity contribution in [3.63, 3.8) is 0 Å². The van der Waals surface area contributed by atoms with E-state index in [1.807, 2.05) is 51.1 Å². The first-order valence-corrected chi connectivity index (χ1v) is 11.3. The maximum absolute atomic E-state index is 12.9. The highest BCUT2D eigenvalue weighted by Gasteiger charge is 2.33. The number of aryl methyl sites for hydroxylation is 1. The fraction of sp³-hybridized carbons (Fsp3) is 0.462. The molecule has 6 heteroatoms. The average molecular weight is 435 g/mol. The van der Waals surface area contributed by atoms with Gasteiger partial charge in [-0.3, -0.25) is 14.6 Å². The van der Waals surface area contributed by atoms with Crippen LogP contribution in [0.25, 0.3) is 0 Å². The molecule has 0 spiro atoms. The number of nitrogens with zero attached hydrogens (tertiary/aromatic N) is 2. The standard InChI is InChI=1S/C26H30N2O4/c1-26(2,3)27-18-10-7-11-20(29)24(18)21(30)13-12-19-25-22(31)14-17(15-23(25)32-28-19)16-8-5-4-6-9-16/h4-6,8-9,17,30H,7,10-15H2,1-3H3/b24-21+,27-18?. The van der Waals surface area contributed by atoms with E-state index in [0.29, 0.717) is 60.4 Å². The average Bonchev–Trinajstić information content (AvgIpc) is 3.15. The Hall–Kier alpha value is -3.02. The summed E-state index contributed by atoms with van der Waals surface area (Å²) in [4.78, 5) is 30.1. The molecular formula is C26H30N2O4. The van der Waals surface area contributed by atoms with Gasteiger partial charge >= 0.3 is 0 Å². The van der Waals surface area contributed by atoms with Crippen molar-refractivity contribution >= 4 is 17.3 Å². The number of ketones is 2. The number of Topliss-reactive ketones (excluding diaryl/α,β-unsaturated/α-hetero) is 2. The van der Waals surface area contributed by atoms with E-state index < -0.39 is 0 Å². The zero-order valence-electron chi connectivity index (χ0n) is 19.0. The number of fused-ring (bicyclic) bond motifs is 1. The summed E-state index contributed by atoms with van der Waals surface area (Å²) in [7, 11) is 0. The maximum Gasteiger partial charge on any atom is 0.168 e. The van der Waals surface area contributed by atoms with Crippen molar-refractivity contribution in [2.75, 3.05) is 0 Å². The molecule has 6 nitrogen and oxygen atoms in total. The maximum atomic E-state index is 12.9. The van der Waals surface area contributed by atoms with Crippen LogP contribution in [0.3, 0.4) is 0 Å². The molecule has 1 N–H and O–H groups in total. The van der Waals surface area contributed by atoms with E-state index in [1.54, 1.807) is 0 Å². The van der Waals surface area contributed by atoms with Crippen molar-refractivity contribution in [2.45, 2.75) is 77.2 Å². The van der Waals surface area contributed by atoms with Crippen molar-refractivity contribution in [1.29, 1.82) is 0 Å². The third kappa shape index (κ3) is 4.74. The Morgan fingerprint density at radius 1 is 1.12 bits per heavy atom. The molecule has 4 rings (SSSR count). The highest BCUT2D eigenvalue weighted by Crippen LogP contribution is 2.35. The summed E-state index contributed by atoms with van der Waals surface area (Å²) < 4.78 is 5.54. The largest absolute Gasteiger partial charge is 0.511 e. The molecule has 32 heavy (non-hydrogen) atoms. The molecule has 1 fully saturated rings. The summed E-state index contributed by atoms with van der Waals surface area (Å²) >= 11 is 0. The molecule has 0 radical (unpaired) electrons. The lowest BCUT2D eigenvalue weighted by Crippen LogP contribution is -2.25. The lowest BCUT2D eigenvalue weighted by Gasteiger charge is -2.22. The minimum absolute atomic E-state index is 0.0206. The molecule has 1 saturated carbocycles. The lowest BCUT2D eigenvalue weighted by atomic mass is 9.81. The monoisotopic (exact) mass is 434 g/mol. The number of rotatable bonds is 4. The predicted octanol–water partition coefficient (Wildman–Crippen LogP) is 5.32. The van der Waals surface area contributed by atoms with Gasteiger partial charge in [-0.15, -0.1) is 0 Å². The van der Waals surface area contributed by atoms with Crippen LogP contribution in [0.5, 0.6) is 0 Å². The molecule has 0 amide bonds. The predicted molar refractivity (Wildman–Crippen MR) is 122 cm³/mol. The minimum atomic E-state index is -0.328. The molecule has 168 valence electrons. The van der Waals surface area contributed by atoms with E-state index in [-0.39, 0.29) is 35.2 Å². The van der Waals surface area contributed by atoms with Gasteiger partial charge in [-0.2, -0.15) is 0 Å². The molecule has 1 aromatic heterocycles. The van der Waals surface area contributed by atoms with E-state index in [4.69, 9.17) is 4.52 Å². The molecule has 1 aromatic carbocycles. The van der Waals surface area contributed by atoms with Gasteiger partial charge in [0.2, 0.25) is 0 Å². The van der Waals surface area contributed by atoms with Gasteiger partial charge < -0.3 is 9.63 Å². The van der Waals surface area contributed by atoms with Gasteiger partial charge in [-0.05, 0) is 45.1 Å². The summed E-state index contributed by atoms with van der Waals surface area (Å²) in [5, 5.41) is 15.0. The molecular weight excluding hydrogens is 404 g/mol. The fourth-order valence-electron chi connectivity index (χ4n) is 4.60. The van der Waals surface area contributed by atoms with Crippen molar-refractivity contribution in [3.8, 4) is 0 Å². The van der Waals surface area contributed by atoms with Crippen LogP contribution in [0, 0.1) is 0 Å². The van der Waals surface area contributed by atoms with Crippen molar-refractivity contribution in [2.24, 2.45) is 4.99 Å². The number of benzene rings is 1. The van der Waals surface area contributed by atoms with Gasteiger partial charge in [0.15, 0.2) is 11.6 Å². The Labute approximate surface area is 188 Å². The zero-order valence-corrected chi connectivity index (χ0v) is 19.0.